The number of aryl methyl sites for hydroxylation is 2. The first-order valence-corrected chi connectivity index (χ1v) is 10.2. The van der Waals surface area contributed by atoms with E-state index in [1.165, 1.54) is 38.4 Å². The summed E-state index contributed by atoms with van der Waals surface area (Å²) in [5.41, 5.74) is 8.23. The van der Waals surface area contributed by atoms with E-state index >= 15 is 0 Å². The molecule has 0 saturated carbocycles. The second-order valence-electron chi connectivity index (χ2n) is 6.80. The van der Waals surface area contributed by atoms with Gasteiger partial charge in [0.05, 0.1) is 0 Å². The second kappa shape index (κ2) is 5.51. The van der Waals surface area contributed by atoms with Gasteiger partial charge in [0.15, 0.2) is 0 Å². The van der Waals surface area contributed by atoms with Crippen LogP contribution in [0.25, 0.3) is 6.08 Å². The lowest BCUT2D eigenvalue weighted by atomic mass is 10.1. The first kappa shape index (κ1) is 15.2. The second-order valence-corrected chi connectivity index (χ2v) is 10.1. The van der Waals surface area contributed by atoms with E-state index in [0.29, 0.717) is 0 Å². The maximum atomic E-state index is 3.82. The molecule has 22 heavy (non-hydrogen) atoms. The molecule has 1 nitrogen and oxygen atoms in total. The Hall–Kier alpha value is -1.67. The molecule has 0 saturated heterocycles. The zero-order chi connectivity index (χ0) is 15.9. The Morgan fingerprint density at radius 3 is 2.32 bits per heavy atom. The molecule has 1 aliphatic carbocycles. The third kappa shape index (κ3) is 2.93. The molecule has 3 rings (SSSR count). The van der Waals surface area contributed by atoms with Crippen molar-refractivity contribution in [2.45, 2.75) is 32.1 Å². The molecule has 0 radical (unpaired) electrons. The molecular weight excluding hydrogens is 286 g/mol. The molecule has 2 aromatic rings. The molecule has 0 bridgehead atoms. The summed E-state index contributed by atoms with van der Waals surface area (Å²) in [6.45, 7) is 6.55. The molecule has 1 N–H and O–H groups in total. The number of anilines is 1. The Bertz CT molecular complexity index is 736. The lowest BCUT2D eigenvalue weighted by Crippen LogP contribution is -2.11. The van der Waals surface area contributed by atoms with Gasteiger partial charge in [-0.2, -0.15) is 0 Å². The third-order valence-corrected chi connectivity index (χ3v) is 6.40. The number of benzene rings is 2. The van der Waals surface area contributed by atoms with Crippen LogP contribution in [-0.2, 0) is 6.42 Å². The number of nitrogens with one attached hydrogen (secondary N) is 1. The monoisotopic (exact) mass is 311 g/mol. The van der Waals surface area contributed by atoms with Crippen molar-refractivity contribution < 1.29 is 0 Å². The van der Waals surface area contributed by atoms with Crippen molar-refractivity contribution in [3.63, 3.8) is 0 Å². The number of hydrogen-bond acceptors (Lipinski definition) is 1. The van der Waals surface area contributed by atoms with E-state index in [2.05, 4.69) is 80.5 Å². The molecule has 0 aromatic heterocycles. The summed E-state index contributed by atoms with van der Waals surface area (Å²) in [5.74, 6) is 0. The molecular formula is C20H25NS. The average molecular weight is 311 g/mol. The van der Waals surface area contributed by atoms with E-state index in [9.17, 15) is 0 Å². The number of hydrogen-bond donors (Lipinski definition) is 1. The minimum absolute atomic E-state index is 1.08. The van der Waals surface area contributed by atoms with Crippen LogP contribution < -0.4 is 4.72 Å². The van der Waals surface area contributed by atoms with Gasteiger partial charge in [0.1, 0.15) is 0 Å². The highest BCUT2D eigenvalue weighted by atomic mass is 32.3. The Morgan fingerprint density at radius 1 is 0.955 bits per heavy atom. The summed E-state index contributed by atoms with van der Waals surface area (Å²) in [6, 6.07) is 13.4. The molecule has 1 aliphatic rings. The van der Waals surface area contributed by atoms with Crippen LogP contribution in [0.5, 0.6) is 0 Å². The maximum absolute atomic E-state index is 3.82. The van der Waals surface area contributed by atoms with E-state index in [4.69, 9.17) is 0 Å². The van der Waals surface area contributed by atoms with Crippen LogP contribution >= 0.6 is 10.2 Å². The summed E-state index contributed by atoms with van der Waals surface area (Å²) in [4.78, 5) is 1.48. The summed E-state index contributed by atoms with van der Waals surface area (Å²) >= 11 is 0. The predicted octanol–water partition coefficient (Wildman–Crippen LogP) is 5.71. The summed E-state index contributed by atoms with van der Waals surface area (Å²) in [7, 11) is -1.08. The van der Waals surface area contributed by atoms with Crippen LogP contribution in [-0.4, -0.2) is 12.5 Å². The Labute approximate surface area is 135 Å². The fraction of sp³-hybridized carbons (Fsp3) is 0.300. The molecule has 0 amide bonds. The number of allylic oxidation sites excluding steroid dienone is 1. The van der Waals surface area contributed by atoms with Crippen LogP contribution in [0.4, 0.5) is 5.69 Å². The summed E-state index contributed by atoms with van der Waals surface area (Å²) < 4.78 is 3.82. The quantitative estimate of drug-likeness (QED) is 0.765. The van der Waals surface area contributed by atoms with Crippen LogP contribution in [0, 0.1) is 13.8 Å². The van der Waals surface area contributed by atoms with Gasteiger partial charge in [-0.05, 0) is 80.2 Å². The van der Waals surface area contributed by atoms with Gasteiger partial charge >= 0.3 is 0 Å². The minimum atomic E-state index is -1.08. The van der Waals surface area contributed by atoms with E-state index in [1.807, 2.05) is 0 Å². The highest BCUT2D eigenvalue weighted by Crippen LogP contribution is 2.52. The minimum Gasteiger partial charge on any atom is -0.344 e. The average Bonchev–Trinajstić information content (AvgIpc) is 2.76. The Morgan fingerprint density at radius 2 is 1.64 bits per heavy atom. The van der Waals surface area contributed by atoms with E-state index in [-0.39, 0.29) is 0 Å². The standard InChI is InChI=1S/C20H25NS/c1-14-9-15(2)12-18(11-14)21-22(4,5)20-8-6-7-17-10-16(3)13-19(17)20/h6-12,21H,13H2,1-5H3. The molecule has 0 spiro atoms. The summed E-state index contributed by atoms with van der Waals surface area (Å²) in [5, 5.41) is 0. The molecule has 116 valence electrons. The van der Waals surface area contributed by atoms with Gasteiger partial charge in [-0.1, -0.05) is 29.8 Å². The fourth-order valence-electron chi connectivity index (χ4n) is 3.36. The van der Waals surface area contributed by atoms with E-state index in [1.54, 1.807) is 0 Å². The van der Waals surface area contributed by atoms with Gasteiger partial charge in [-0.3, -0.25) is 0 Å². The number of rotatable bonds is 3. The Kier molecular flexibility index (Phi) is 3.82. The molecule has 2 aromatic carbocycles. The van der Waals surface area contributed by atoms with Crippen molar-refractivity contribution in [1.82, 2.24) is 0 Å². The topological polar surface area (TPSA) is 12.0 Å². The predicted molar refractivity (Wildman–Crippen MR) is 101 cm³/mol. The van der Waals surface area contributed by atoms with Crippen molar-refractivity contribution >= 4 is 22.0 Å². The Balaban J connectivity index is 1.96. The lowest BCUT2D eigenvalue weighted by Gasteiger charge is -2.36. The molecule has 0 fully saturated rings. The highest BCUT2D eigenvalue weighted by Gasteiger charge is 2.22. The van der Waals surface area contributed by atoms with Crippen molar-refractivity contribution in [3.8, 4) is 0 Å². The van der Waals surface area contributed by atoms with Crippen molar-refractivity contribution in [3.05, 3.63) is 64.2 Å². The van der Waals surface area contributed by atoms with Crippen LogP contribution in [0.3, 0.4) is 0 Å². The van der Waals surface area contributed by atoms with Gasteiger partial charge in [0.2, 0.25) is 0 Å². The van der Waals surface area contributed by atoms with Crippen LogP contribution in [0.1, 0.15) is 29.2 Å². The van der Waals surface area contributed by atoms with Gasteiger partial charge in [-0.25, -0.2) is 0 Å². The van der Waals surface area contributed by atoms with Crippen molar-refractivity contribution in [2.75, 3.05) is 17.2 Å². The third-order valence-electron chi connectivity index (χ3n) is 4.17. The zero-order valence-electron chi connectivity index (χ0n) is 14.2. The fourth-order valence-corrected chi connectivity index (χ4v) is 5.41. The van der Waals surface area contributed by atoms with Gasteiger partial charge < -0.3 is 4.72 Å². The van der Waals surface area contributed by atoms with Crippen molar-refractivity contribution in [2.24, 2.45) is 0 Å². The first-order chi connectivity index (χ1) is 10.3. The molecule has 0 heterocycles. The molecule has 0 aliphatic heterocycles. The van der Waals surface area contributed by atoms with Crippen LogP contribution in [0.15, 0.2) is 46.9 Å². The molecule has 2 heteroatoms. The largest absolute Gasteiger partial charge is 0.344 e. The lowest BCUT2D eigenvalue weighted by molar-refractivity contribution is 1.13. The van der Waals surface area contributed by atoms with E-state index in [0.717, 1.165) is 6.42 Å². The zero-order valence-corrected chi connectivity index (χ0v) is 15.0. The normalized spacial score (nSPS) is 14.5. The van der Waals surface area contributed by atoms with Crippen LogP contribution in [0.2, 0.25) is 0 Å². The van der Waals surface area contributed by atoms with Crippen molar-refractivity contribution in [1.29, 1.82) is 0 Å². The first-order valence-electron chi connectivity index (χ1n) is 7.74. The molecule has 0 atom stereocenters. The SMILES string of the molecule is CC1=Cc2cccc(S(C)(C)Nc3cc(C)cc(C)c3)c2C1. The maximum Gasteiger partial charge on any atom is 0.0434 e. The highest BCUT2D eigenvalue weighted by molar-refractivity contribution is 8.33. The summed E-state index contributed by atoms with van der Waals surface area (Å²) in [6.07, 6.45) is 8.13. The molecule has 0 unspecified atom stereocenters. The van der Waals surface area contributed by atoms with Gasteiger partial charge in [0, 0.05) is 10.6 Å². The smallest absolute Gasteiger partial charge is 0.0434 e. The van der Waals surface area contributed by atoms with Gasteiger partial charge in [0.25, 0.3) is 0 Å². The number of fused-ring (bicyclic) bond motifs is 1. The van der Waals surface area contributed by atoms with E-state index < -0.39 is 10.2 Å². The van der Waals surface area contributed by atoms with Gasteiger partial charge in [-0.15, -0.1) is 10.2 Å².